The number of sulfone groups is 1. The van der Waals surface area contributed by atoms with Gasteiger partial charge in [0, 0.05) is 12.1 Å². The van der Waals surface area contributed by atoms with Crippen LogP contribution in [0, 0.1) is 0 Å². The van der Waals surface area contributed by atoms with Crippen molar-refractivity contribution < 1.29 is 35.9 Å². The van der Waals surface area contributed by atoms with Crippen molar-refractivity contribution in [3.63, 3.8) is 0 Å². The Balaban J connectivity index is 1.25. The zero-order valence-corrected chi connectivity index (χ0v) is 24.2. The minimum atomic E-state index is -3.93. The summed E-state index contributed by atoms with van der Waals surface area (Å²) < 4.78 is 66.6. The minimum absolute atomic E-state index is 0.0597. The number of ketones is 1. The van der Waals surface area contributed by atoms with Crippen molar-refractivity contribution in [1.29, 1.82) is 0 Å². The van der Waals surface area contributed by atoms with E-state index >= 15 is 0 Å². The van der Waals surface area contributed by atoms with Crippen LogP contribution in [0.4, 0.5) is 0 Å². The molecule has 1 aliphatic carbocycles. The first kappa shape index (κ1) is 29.1. The molecule has 3 aromatic rings. The lowest BCUT2D eigenvalue weighted by Crippen LogP contribution is -2.51. The molecule has 2 aliphatic rings. The first-order valence-corrected chi connectivity index (χ1v) is 16.3. The number of carbonyl (C=O) groups excluding carboxylic acids is 2. The molecule has 1 aliphatic heterocycles. The molecule has 0 atom stereocenters. The number of nitrogens with zero attached hydrogens (tertiary/aromatic N) is 1. The number of hydrogen-bond donors (Lipinski definition) is 0. The van der Waals surface area contributed by atoms with Gasteiger partial charge in [0.25, 0.3) is 0 Å². The van der Waals surface area contributed by atoms with Crippen LogP contribution in [0.5, 0.6) is 0 Å². The van der Waals surface area contributed by atoms with Gasteiger partial charge in [0.1, 0.15) is 12.3 Å². The number of sulfonamides is 1. The van der Waals surface area contributed by atoms with Crippen molar-refractivity contribution in [2.75, 3.05) is 13.2 Å². The molecule has 2 fully saturated rings. The standard InChI is InChI=1S/C30H31NO8S2/c1-22(32)24-7-13-28(14-8-24)41(36,37)31-19-20-39-30(31)17-15-27(16-18-30)40(34,35)26-11-9-25(10-12-26)29(33)38-21-23-5-3-2-4-6-23/h2-14,27H,15-21H2,1H3. The quantitative estimate of drug-likeness (QED) is 0.277. The Morgan fingerprint density at radius 3 is 2.05 bits per heavy atom. The highest BCUT2D eigenvalue weighted by molar-refractivity contribution is 7.92. The Kier molecular flexibility index (Phi) is 8.15. The third-order valence-corrected chi connectivity index (χ3v) is 12.0. The Bertz CT molecular complexity index is 1630. The maximum atomic E-state index is 13.5. The first-order chi connectivity index (χ1) is 19.5. The third kappa shape index (κ3) is 5.85. The van der Waals surface area contributed by atoms with Crippen molar-refractivity contribution in [2.24, 2.45) is 0 Å². The monoisotopic (exact) mass is 597 g/mol. The van der Waals surface area contributed by atoms with Crippen molar-refractivity contribution in [2.45, 2.75) is 60.0 Å². The summed E-state index contributed by atoms with van der Waals surface area (Å²) in [5.74, 6) is -0.708. The van der Waals surface area contributed by atoms with Gasteiger partial charge < -0.3 is 9.47 Å². The van der Waals surface area contributed by atoms with Gasteiger partial charge in [-0.25, -0.2) is 21.6 Å². The number of esters is 1. The van der Waals surface area contributed by atoms with Gasteiger partial charge in [-0.05, 0) is 74.6 Å². The van der Waals surface area contributed by atoms with Crippen molar-refractivity contribution in [3.8, 4) is 0 Å². The molecular formula is C30H31NO8S2. The molecule has 41 heavy (non-hydrogen) atoms. The fraction of sp³-hybridized carbons (Fsp3) is 0.333. The van der Waals surface area contributed by atoms with Gasteiger partial charge in [-0.2, -0.15) is 4.31 Å². The summed E-state index contributed by atoms with van der Waals surface area (Å²) in [6.07, 6.45) is 0.897. The van der Waals surface area contributed by atoms with Crippen LogP contribution in [0.25, 0.3) is 0 Å². The summed E-state index contributed by atoms with van der Waals surface area (Å²) in [6.45, 7) is 1.90. The van der Waals surface area contributed by atoms with Crippen molar-refractivity contribution in [1.82, 2.24) is 4.31 Å². The highest BCUT2D eigenvalue weighted by Crippen LogP contribution is 2.43. The summed E-state index contributed by atoms with van der Waals surface area (Å²) >= 11 is 0. The molecule has 0 N–H and O–H groups in total. The van der Waals surface area contributed by atoms with E-state index in [1.54, 1.807) is 0 Å². The van der Waals surface area contributed by atoms with E-state index in [2.05, 4.69) is 0 Å². The van der Waals surface area contributed by atoms with E-state index in [0.717, 1.165) is 5.56 Å². The number of hydrogen-bond acceptors (Lipinski definition) is 8. The van der Waals surface area contributed by atoms with Crippen LogP contribution in [0.1, 0.15) is 58.9 Å². The van der Waals surface area contributed by atoms with Gasteiger partial charge in [-0.1, -0.05) is 42.5 Å². The van der Waals surface area contributed by atoms with Gasteiger partial charge in [-0.15, -0.1) is 0 Å². The van der Waals surface area contributed by atoms with Crippen LogP contribution in [-0.4, -0.2) is 57.0 Å². The van der Waals surface area contributed by atoms with Crippen LogP contribution < -0.4 is 0 Å². The Morgan fingerprint density at radius 1 is 0.854 bits per heavy atom. The molecule has 1 saturated carbocycles. The molecule has 0 aromatic heterocycles. The van der Waals surface area contributed by atoms with E-state index in [0.29, 0.717) is 5.56 Å². The zero-order valence-electron chi connectivity index (χ0n) is 22.6. The van der Waals surface area contributed by atoms with Gasteiger partial charge >= 0.3 is 5.97 Å². The fourth-order valence-electron chi connectivity index (χ4n) is 5.45. The normalized spacial score (nSPS) is 21.5. The number of Topliss-reactive ketones (excluding diaryl/α,β-unsaturated/α-hetero) is 1. The second kappa shape index (κ2) is 11.5. The van der Waals surface area contributed by atoms with Crippen LogP contribution in [-0.2, 0) is 35.9 Å². The molecule has 1 heterocycles. The maximum absolute atomic E-state index is 13.5. The molecule has 5 rings (SSSR count). The lowest BCUT2D eigenvalue weighted by atomic mass is 9.91. The van der Waals surface area contributed by atoms with Gasteiger partial charge in [0.05, 0.1) is 27.2 Å². The largest absolute Gasteiger partial charge is 0.457 e. The summed E-state index contributed by atoms with van der Waals surface area (Å²) in [4.78, 5) is 24.2. The molecular weight excluding hydrogens is 566 g/mol. The fourth-order valence-corrected chi connectivity index (χ4v) is 8.93. The molecule has 1 saturated heterocycles. The van der Waals surface area contributed by atoms with Crippen molar-refractivity contribution >= 4 is 31.6 Å². The SMILES string of the molecule is CC(=O)c1ccc(S(=O)(=O)N2CCOC23CCC(S(=O)(=O)c2ccc(C(=O)OCc4ccccc4)cc2)CC3)cc1. The molecule has 9 nitrogen and oxygen atoms in total. The molecule has 216 valence electrons. The van der Waals surface area contributed by atoms with E-state index in [1.807, 2.05) is 30.3 Å². The Morgan fingerprint density at radius 2 is 1.44 bits per heavy atom. The van der Waals surface area contributed by atoms with Gasteiger partial charge in [0.15, 0.2) is 15.6 Å². The zero-order chi connectivity index (χ0) is 29.3. The Hall–Kier alpha value is -3.38. The lowest BCUT2D eigenvalue weighted by molar-refractivity contribution is -0.0748. The minimum Gasteiger partial charge on any atom is -0.457 e. The molecule has 0 radical (unpaired) electrons. The van der Waals surface area contributed by atoms with E-state index in [9.17, 15) is 26.4 Å². The smallest absolute Gasteiger partial charge is 0.338 e. The molecule has 1 spiro atoms. The molecule has 0 amide bonds. The average Bonchev–Trinajstić information content (AvgIpc) is 3.40. The summed E-state index contributed by atoms with van der Waals surface area (Å²) in [5.41, 5.74) is 0.396. The first-order valence-electron chi connectivity index (χ1n) is 13.4. The average molecular weight is 598 g/mol. The Labute approximate surface area is 240 Å². The van der Waals surface area contributed by atoms with Crippen molar-refractivity contribution in [3.05, 3.63) is 95.6 Å². The summed E-state index contributed by atoms with van der Waals surface area (Å²) in [7, 11) is -7.66. The highest BCUT2D eigenvalue weighted by atomic mass is 32.2. The number of benzene rings is 3. The molecule has 3 aromatic carbocycles. The maximum Gasteiger partial charge on any atom is 0.338 e. The van der Waals surface area contributed by atoms with Crippen LogP contribution in [0.2, 0.25) is 0 Å². The number of rotatable bonds is 8. The van der Waals surface area contributed by atoms with Crippen LogP contribution >= 0.6 is 0 Å². The topological polar surface area (TPSA) is 124 Å². The lowest BCUT2D eigenvalue weighted by Gasteiger charge is -2.41. The molecule has 0 bridgehead atoms. The van der Waals surface area contributed by atoms with Gasteiger partial charge in [0.2, 0.25) is 10.0 Å². The predicted octanol–water partition coefficient (Wildman–Crippen LogP) is 4.38. The van der Waals surface area contributed by atoms with Crippen LogP contribution in [0.3, 0.4) is 0 Å². The second-order valence-corrected chi connectivity index (χ2v) is 14.4. The molecule has 0 unspecified atom stereocenters. The van der Waals surface area contributed by atoms with Crippen LogP contribution in [0.15, 0.2) is 88.7 Å². The summed E-state index contributed by atoms with van der Waals surface area (Å²) in [6, 6.07) is 20.7. The van der Waals surface area contributed by atoms with E-state index in [-0.39, 0.29) is 66.6 Å². The number of ether oxygens (including phenoxy) is 2. The van der Waals surface area contributed by atoms with E-state index < -0.39 is 36.8 Å². The third-order valence-electron chi connectivity index (χ3n) is 7.75. The predicted molar refractivity (Wildman–Crippen MR) is 150 cm³/mol. The van der Waals surface area contributed by atoms with E-state index in [1.165, 1.54) is 59.8 Å². The van der Waals surface area contributed by atoms with E-state index in [4.69, 9.17) is 9.47 Å². The highest BCUT2D eigenvalue weighted by Gasteiger charge is 2.52. The number of carbonyl (C=O) groups is 2. The molecule has 11 heteroatoms. The summed E-state index contributed by atoms with van der Waals surface area (Å²) in [5, 5.41) is -0.715. The second-order valence-electron chi connectivity index (χ2n) is 10.3. The van der Waals surface area contributed by atoms with Gasteiger partial charge in [-0.3, -0.25) is 4.79 Å².